The molecule has 2 aromatic rings. The van der Waals surface area contributed by atoms with Crippen LogP contribution in [0.5, 0.6) is 0 Å². The number of pyridine rings is 1. The van der Waals surface area contributed by atoms with Crippen LogP contribution in [0, 0.1) is 15.2 Å². The number of halogens is 3. The summed E-state index contributed by atoms with van der Waals surface area (Å²) in [6, 6.07) is 6.44. The van der Waals surface area contributed by atoms with E-state index in [2.05, 4.69) is 22.6 Å². The summed E-state index contributed by atoms with van der Waals surface area (Å²) < 4.78 is 28.4. The first-order valence-corrected chi connectivity index (χ1v) is 5.94. The topological polar surface area (TPSA) is 22.0 Å². The van der Waals surface area contributed by atoms with Crippen molar-refractivity contribution in [1.29, 1.82) is 0 Å². The lowest BCUT2D eigenvalue weighted by Crippen LogP contribution is -2.19. The molecule has 0 saturated heterocycles. The molecule has 0 fully saturated rings. The van der Waals surface area contributed by atoms with Gasteiger partial charge in [0.25, 0.3) is 5.56 Å². The van der Waals surface area contributed by atoms with Crippen molar-refractivity contribution >= 4 is 22.6 Å². The highest BCUT2D eigenvalue weighted by atomic mass is 127. The van der Waals surface area contributed by atoms with E-state index in [0.717, 1.165) is 9.64 Å². The summed E-state index contributed by atoms with van der Waals surface area (Å²) >= 11 is 2.07. The Morgan fingerprint density at radius 3 is 2.65 bits per heavy atom. The predicted octanol–water partition coefficient (Wildman–Crippen LogP) is 2.78. The largest absolute Gasteiger partial charge is 0.310 e. The smallest absolute Gasteiger partial charge is 0.250 e. The average Bonchev–Trinajstić information content (AvgIpc) is 2.27. The number of aromatic nitrogens is 1. The molecule has 0 N–H and O–H groups in total. The van der Waals surface area contributed by atoms with Gasteiger partial charge < -0.3 is 4.57 Å². The molecule has 1 aromatic heterocycles. The van der Waals surface area contributed by atoms with E-state index in [1.807, 2.05) is 0 Å². The molecule has 0 unspecified atom stereocenters. The van der Waals surface area contributed by atoms with Crippen molar-refractivity contribution in [1.82, 2.24) is 4.57 Å². The van der Waals surface area contributed by atoms with Gasteiger partial charge in [-0.25, -0.2) is 8.78 Å². The molecule has 0 saturated carbocycles. The van der Waals surface area contributed by atoms with Crippen LogP contribution in [0.15, 0.2) is 41.3 Å². The quantitative estimate of drug-likeness (QED) is 0.766. The number of nitrogens with zero attached hydrogens (tertiary/aromatic N) is 1. The molecule has 5 heteroatoms. The Hall–Kier alpha value is -1.24. The summed E-state index contributed by atoms with van der Waals surface area (Å²) in [6.07, 6.45) is 1.63. The first kappa shape index (κ1) is 12.2. The Bertz CT molecular complexity index is 610. The first-order valence-electron chi connectivity index (χ1n) is 4.86. The Morgan fingerprint density at radius 1 is 1.18 bits per heavy atom. The molecule has 0 spiro atoms. The standard InChI is InChI=1S/C12H8F2INO/c13-9-2-1-8(11(14)5-9)6-16-7-10(15)3-4-12(16)17/h1-5,7H,6H2. The van der Waals surface area contributed by atoms with E-state index in [4.69, 9.17) is 0 Å². The van der Waals surface area contributed by atoms with Crippen molar-refractivity contribution in [2.75, 3.05) is 0 Å². The van der Waals surface area contributed by atoms with Gasteiger partial charge in [-0.1, -0.05) is 6.07 Å². The van der Waals surface area contributed by atoms with Gasteiger partial charge in [-0.3, -0.25) is 4.79 Å². The first-order chi connectivity index (χ1) is 8.06. The monoisotopic (exact) mass is 347 g/mol. The predicted molar refractivity (Wildman–Crippen MR) is 68.9 cm³/mol. The van der Waals surface area contributed by atoms with Crippen LogP contribution in [0.25, 0.3) is 0 Å². The molecule has 0 aliphatic heterocycles. The molecule has 0 aliphatic rings. The van der Waals surface area contributed by atoms with Gasteiger partial charge in [-0.15, -0.1) is 0 Å². The number of benzene rings is 1. The lowest BCUT2D eigenvalue weighted by molar-refractivity contribution is 0.564. The Morgan fingerprint density at radius 2 is 1.94 bits per heavy atom. The molecule has 1 heterocycles. The van der Waals surface area contributed by atoms with Crippen molar-refractivity contribution in [3.05, 3.63) is 67.7 Å². The second kappa shape index (κ2) is 4.95. The maximum atomic E-state index is 13.4. The molecule has 0 bridgehead atoms. The summed E-state index contributed by atoms with van der Waals surface area (Å²) in [5.41, 5.74) is 0.0737. The second-order valence-electron chi connectivity index (χ2n) is 3.55. The van der Waals surface area contributed by atoms with Crippen molar-refractivity contribution in [3.63, 3.8) is 0 Å². The van der Waals surface area contributed by atoms with E-state index in [1.165, 1.54) is 22.8 Å². The van der Waals surface area contributed by atoms with Crippen LogP contribution >= 0.6 is 22.6 Å². The molecule has 0 aliphatic carbocycles. The molecule has 1 aromatic carbocycles. The zero-order valence-electron chi connectivity index (χ0n) is 8.66. The van der Waals surface area contributed by atoms with Crippen molar-refractivity contribution in [3.8, 4) is 0 Å². The minimum absolute atomic E-state index is 0.0990. The maximum Gasteiger partial charge on any atom is 0.250 e. The van der Waals surface area contributed by atoms with Gasteiger partial charge in [0.15, 0.2) is 0 Å². The molecule has 88 valence electrons. The lowest BCUT2D eigenvalue weighted by Gasteiger charge is -2.07. The van der Waals surface area contributed by atoms with Gasteiger partial charge in [-0.05, 0) is 34.7 Å². The summed E-state index contributed by atoms with van der Waals surface area (Å²) in [5, 5.41) is 0. The van der Waals surface area contributed by atoms with Gasteiger partial charge >= 0.3 is 0 Å². The zero-order valence-corrected chi connectivity index (χ0v) is 10.8. The van der Waals surface area contributed by atoms with E-state index in [1.54, 1.807) is 12.3 Å². The molecule has 0 atom stereocenters. The van der Waals surface area contributed by atoms with Crippen LogP contribution in [-0.2, 0) is 6.54 Å². The van der Waals surface area contributed by atoms with Crippen LogP contribution < -0.4 is 5.56 Å². The average molecular weight is 347 g/mol. The Kier molecular flexibility index (Phi) is 3.56. The molecular weight excluding hydrogens is 339 g/mol. The van der Waals surface area contributed by atoms with E-state index in [9.17, 15) is 13.6 Å². The molecular formula is C12H8F2INO. The fourth-order valence-electron chi connectivity index (χ4n) is 1.46. The third-order valence-electron chi connectivity index (χ3n) is 2.30. The van der Waals surface area contributed by atoms with Gasteiger partial charge in [0.1, 0.15) is 11.6 Å². The maximum absolute atomic E-state index is 13.4. The fourth-order valence-corrected chi connectivity index (χ4v) is 1.98. The highest BCUT2D eigenvalue weighted by Crippen LogP contribution is 2.11. The third-order valence-corrected chi connectivity index (χ3v) is 2.94. The number of hydrogen-bond acceptors (Lipinski definition) is 1. The summed E-state index contributed by atoms with van der Waals surface area (Å²) in [5.74, 6) is -1.27. The van der Waals surface area contributed by atoms with Crippen LogP contribution in [-0.4, -0.2) is 4.57 Å². The van der Waals surface area contributed by atoms with Gasteiger partial charge in [0.2, 0.25) is 0 Å². The molecule has 2 rings (SSSR count). The van der Waals surface area contributed by atoms with E-state index in [0.29, 0.717) is 0 Å². The van der Waals surface area contributed by atoms with Gasteiger partial charge in [0.05, 0.1) is 6.54 Å². The zero-order chi connectivity index (χ0) is 12.4. The molecule has 2 nitrogen and oxygen atoms in total. The van der Waals surface area contributed by atoms with E-state index >= 15 is 0 Å². The summed E-state index contributed by atoms with van der Waals surface area (Å²) in [6.45, 7) is 0.0990. The number of hydrogen-bond donors (Lipinski definition) is 0. The summed E-state index contributed by atoms with van der Waals surface area (Å²) in [7, 11) is 0. The number of rotatable bonds is 2. The van der Waals surface area contributed by atoms with Crippen molar-refractivity contribution < 1.29 is 8.78 Å². The van der Waals surface area contributed by atoms with E-state index in [-0.39, 0.29) is 17.7 Å². The lowest BCUT2D eigenvalue weighted by atomic mass is 10.2. The van der Waals surface area contributed by atoms with Crippen LogP contribution in [0.1, 0.15) is 5.56 Å². The summed E-state index contributed by atoms with van der Waals surface area (Å²) in [4.78, 5) is 11.5. The minimum Gasteiger partial charge on any atom is -0.310 e. The fraction of sp³-hybridized carbons (Fsp3) is 0.0833. The van der Waals surface area contributed by atoms with Crippen LogP contribution in [0.4, 0.5) is 8.78 Å². The second-order valence-corrected chi connectivity index (χ2v) is 4.79. The third kappa shape index (κ3) is 2.91. The van der Waals surface area contributed by atoms with E-state index < -0.39 is 11.6 Å². The highest BCUT2D eigenvalue weighted by molar-refractivity contribution is 14.1. The molecule has 0 amide bonds. The SMILES string of the molecule is O=c1ccc(I)cn1Cc1ccc(F)cc1F. The van der Waals surface area contributed by atoms with Gasteiger partial charge in [0, 0.05) is 27.5 Å². The Labute approximate surface area is 110 Å². The van der Waals surface area contributed by atoms with Crippen LogP contribution in [0.2, 0.25) is 0 Å². The Balaban J connectivity index is 2.38. The van der Waals surface area contributed by atoms with Crippen molar-refractivity contribution in [2.45, 2.75) is 6.54 Å². The molecule has 0 radical (unpaired) electrons. The van der Waals surface area contributed by atoms with Crippen molar-refractivity contribution in [2.24, 2.45) is 0 Å². The van der Waals surface area contributed by atoms with Gasteiger partial charge in [-0.2, -0.15) is 0 Å². The molecule has 17 heavy (non-hydrogen) atoms. The highest BCUT2D eigenvalue weighted by Gasteiger charge is 2.05. The minimum atomic E-state index is -0.643. The van der Waals surface area contributed by atoms with Crippen LogP contribution in [0.3, 0.4) is 0 Å². The normalized spacial score (nSPS) is 10.5.